The number of carbonyl (C=O) groups excluding carboxylic acids is 1. The number of hydrogen-bond donors (Lipinski definition) is 3. The highest BCUT2D eigenvalue weighted by Crippen LogP contribution is 2.00. The molecule has 0 heterocycles. The summed E-state index contributed by atoms with van der Waals surface area (Å²) in [5.41, 5.74) is -1.29. The number of amides is 2. The Balaban J connectivity index is 4.06. The first kappa shape index (κ1) is 11.3. The first-order valence-electron chi connectivity index (χ1n) is 3.63. The minimum Gasteiger partial charge on any atom is -0.480 e. The van der Waals surface area contributed by atoms with Crippen molar-refractivity contribution in [1.29, 1.82) is 0 Å². The number of nitrogens with one attached hydrogen (secondary N) is 2. The topological polar surface area (TPSA) is 78.4 Å². The van der Waals surface area contributed by atoms with Gasteiger partial charge in [0.1, 0.15) is 5.54 Å². The molecule has 3 N–H and O–H groups in total. The van der Waals surface area contributed by atoms with Crippen LogP contribution in [0.1, 0.15) is 13.8 Å². The molecule has 5 nitrogen and oxygen atoms in total. The van der Waals surface area contributed by atoms with Crippen LogP contribution in [0.25, 0.3) is 0 Å². The van der Waals surface area contributed by atoms with Crippen LogP contribution in [-0.2, 0) is 4.79 Å². The van der Waals surface area contributed by atoms with Crippen LogP contribution < -0.4 is 10.6 Å². The molecule has 0 fully saturated rings. The van der Waals surface area contributed by atoms with Gasteiger partial charge in [0.15, 0.2) is 0 Å². The first-order chi connectivity index (χ1) is 5.90. The molecule has 0 saturated carbocycles. The summed E-state index contributed by atoms with van der Waals surface area (Å²) < 4.78 is 0. The van der Waals surface area contributed by atoms with Gasteiger partial charge in [-0.2, -0.15) is 0 Å². The third kappa shape index (κ3) is 4.01. The van der Waals surface area contributed by atoms with Crippen LogP contribution in [0.3, 0.4) is 0 Å². The van der Waals surface area contributed by atoms with Gasteiger partial charge in [0.25, 0.3) is 0 Å². The van der Waals surface area contributed by atoms with Crippen molar-refractivity contribution in [2.24, 2.45) is 0 Å². The van der Waals surface area contributed by atoms with Crippen LogP contribution in [0.4, 0.5) is 4.79 Å². The summed E-state index contributed by atoms with van der Waals surface area (Å²) in [4.78, 5) is 21.5. The van der Waals surface area contributed by atoms with Gasteiger partial charge in [0.05, 0.1) is 6.54 Å². The van der Waals surface area contributed by atoms with Crippen LogP contribution >= 0.6 is 0 Å². The lowest BCUT2D eigenvalue weighted by Gasteiger charge is -2.20. The average Bonchev–Trinajstić information content (AvgIpc) is 1.99. The van der Waals surface area contributed by atoms with Crippen molar-refractivity contribution in [3.63, 3.8) is 0 Å². The zero-order valence-electron chi connectivity index (χ0n) is 7.55. The zero-order chi connectivity index (χ0) is 10.5. The Morgan fingerprint density at radius 3 is 2.46 bits per heavy atom. The van der Waals surface area contributed by atoms with Gasteiger partial charge >= 0.3 is 12.0 Å². The number of urea groups is 1. The van der Waals surface area contributed by atoms with E-state index in [-0.39, 0.29) is 6.54 Å². The lowest BCUT2D eigenvalue weighted by Crippen LogP contribution is -2.53. The third-order valence-electron chi connectivity index (χ3n) is 1.31. The molecule has 0 spiro atoms. The molecular weight excluding hydrogens is 172 g/mol. The molecule has 0 aromatic heterocycles. The predicted octanol–water partition coefficient (Wildman–Crippen LogP) is -0.218. The minimum atomic E-state index is -1.29. The maximum Gasteiger partial charge on any atom is 0.328 e. The molecule has 2 amide bonds. The van der Waals surface area contributed by atoms with Crippen molar-refractivity contribution in [3.8, 4) is 12.3 Å². The van der Waals surface area contributed by atoms with E-state index in [1.807, 2.05) is 0 Å². The molecule has 0 bridgehead atoms. The van der Waals surface area contributed by atoms with Gasteiger partial charge in [-0.15, -0.1) is 6.42 Å². The SMILES string of the molecule is C#CCNC(=O)NC(C)(C)C(=O)O. The van der Waals surface area contributed by atoms with Gasteiger partial charge in [-0.1, -0.05) is 5.92 Å². The number of rotatable bonds is 3. The fourth-order valence-corrected chi connectivity index (χ4v) is 0.513. The maximum atomic E-state index is 10.9. The second-order valence-electron chi connectivity index (χ2n) is 2.94. The Kier molecular flexibility index (Phi) is 3.79. The highest BCUT2D eigenvalue weighted by atomic mass is 16.4. The van der Waals surface area contributed by atoms with Crippen molar-refractivity contribution in [1.82, 2.24) is 10.6 Å². The van der Waals surface area contributed by atoms with E-state index in [2.05, 4.69) is 16.6 Å². The van der Waals surface area contributed by atoms with E-state index in [4.69, 9.17) is 11.5 Å². The molecule has 0 atom stereocenters. The molecule has 0 rings (SSSR count). The standard InChI is InChI=1S/C8H12N2O3/c1-4-5-9-7(13)10-8(2,3)6(11)12/h1H,5H2,2-3H3,(H,11,12)(H2,9,10,13). The zero-order valence-corrected chi connectivity index (χ0v) is 7.55. The van der Waals surface area contributed by atoms with Crippen LogP contribution in [-0.4, -0.2) is 29.2 Å². The summed E-state index contributed by atoms with van der Waals surface area (Å²) in [6.07, 6.45) is 4.89. The predicted molar refractivity (Wildman–Crippen MR) is 47.1 cm³/mol. The smallest absolute Gasteiger partial charge is 0.328 e. The van der Waals surface area contributed by atoms with E-state index in [1.54, 1.807) is 0 Å². The Labute approximate surface area is 76.5 Å². The molecule has 0 aliphatic carbocycles. The second kappa shape index (κ2) is 4.36. The largest absolute Gasteiger partial charge is 0.480 e. The molecule has 5 heteroatoms. The molecule has 72 valence electrons. The van der Waals surface area contributed by atoms with Gasteiger partial charge in [0, 0.05) is 0 Å². The molecule has 0 aliphatic rings. The molecule has 0 radical (unpaired) electrons. The average molecular weight is 184 g/mol. The van der Waals surface area contributed by atoms with Gasteiger partial charge in [0.2, 0.25) is 0 Å². The number of aliphatic carboxylic acids is 1. The van der Waals surface area contributed by atoms with E-state index in [0.717, 1.165) is 0 Å². The molecule has 13 heavy (non-hydrogen) atoms. The third-order valence-corrected chi connectivity index (χ3v) is 1.31. The molecule has 0 aromatic rings. The molecule has 0 aliphatic heterocycles. The first-order valence-corrected chi connectivity index (χ1v) is 3.63. The van der Waals surface area contributed by atoms with Gasteiger partial charge in [-0.05, 0) is 13.8 Å². The van der Waals surface area contributed by atoms with Crippen LogP contribution in [0.15, 0.2) is 0 Å². The van der Waals surface area contributed by atoms with Crippen molar-refractivity contribution in [2.75, 3.05) is 6.54 Å². The Morgan fingerprint density at radius 2 is 2.08 bits per heavy atom. The molecule has 0 saturated heterocycles. The normalized spacial score (nSPS) is 9.92. The molecule has 0 aromatic carbocycles. The van der Waals surface area contributed by atoms with E-state index < -0.39 is 17.5 Å². The lowest BCUT2D eigenvalue weighted by molar-refractivity contribution is -0.142. The van der Waals surface area contributed by atoms with E-state index in [1.165, 1.54) is 13.8 Å². The Bertz CT molecular complexity index is 253. The summed E-state index contributed by atoms with van der Waals surface area (Å²) in [5, 5.41) is 13.2. The summed E-state index contributed by atoms with van der Waals surface area (Å²) in [7, 11) is 0. The highest BCUT2D eigenvalue weighted by Gasteiger charge is 2.28. The van der Waals surface area contributed by atoms with Gasteiger partial charge in [-0.25, -0.2) is 9.59 Å². The molecular formula is C8H12N2O3. The summed E-state index contributed by atoms with van der Waals surface area (Å²) in [5.74, 6) is 1.09. The number of carbonyl (C=O) groups is 2. The van der Waals surface area contributed by atoms with E-state index in [0.29, 0.717) is 0 Å². The number of carboxylic acid groups (broad SMARTS) is 1. The van der Waals surface area contributed by atoms with Crippen LogP contribution in [0, 0.1) is 12.3 Å². The Morgan fingerprint density at radius 1 is 1.54 bits per heavy atom. The summed E-state index contributed by atoms with van der Waals surface area (Å²) in [6.45, 7) is 2.83. The lowest BCUT2D eigenvalue weighted by atomic mass is 10.1. The summed E-state index contributed by atoms with van der Waals surface area (Å²) >= 11 is 0. The van der Waals surface area contributed by atoms with Crippen molar-refractivity contribution in [3.05, 3.63) is 0 Å². The maximum absolute atomic E-state index is 10.9. The van der Waals surface area contributed by atoms with Gasteiger partial charge in [-0.3, -0.25) is 0 Å². The second-order valence-corrected chi connectivity index (χ2v) is 2.94. The van der Waals surface area contributed by atoms with Gasteiger partial charge < -0.3 is 15.7 Å². The minimum absolute atomic E-state index is 0.0710. The van der Waals surface area contributed by atoms with Crippen molar-refractivity contribution in [2.45, 2.75) is 19.4 Å². The van der Waals surface area contributed by atoms with E-state index >= 15 is 0 Å². The van der Waals surface area contributed by atoms with Crippen molar-refractivity contribution >= 4 is 12.0 Å². The fourth-order valence-electron chi connectivity index (χ4n) is 0.513. The Hall–Kier alpha value is -1.70. The number of hydrogen-bond acceptors (Lipinski definition) is 2. The summed E-state index contributed by atoms with van der Waals surface area (Å²) in [6, 6.07) is -0.592. The fraction of sp³-hybridized carbons (Fsp3) is 0.500. The quantitative estimate of drug-likeness (QED) is 0.531. The number of carboxylic acids is 1. The van der Waals surface area contributed by atoms with Crippen LogP contribution in [0.5, 0.6) is 0 Å². The van der Waals surface area contributed by atoms with E-state index in [9.17, 15) is 9.59 Å². The van der Waals surface area contributed by atoms with Crippen LogP contribution in [0.2, 0.25) is 0 Å². The van der Waals surface area contributed by atoms with Crippen molar-refractivity contribution < 1.29 is 14.7 Å². The highest BCUT2D eigenvalue weighted by molar-refractivity contribution is 5.85. The number of terminal acetylenes is 1. The molecule has 0 unspecified atom stereocenters. The monoisotopic (exact) mass is 184 g/mol.